The lowest BCUT2D eigenvalue weighted by molar-refractivity contribution is -1.03. The maximum atomic E-state index is 5.60. The summed E-state index contributed by atoms with van der Waals surface area (Å²) in [5.74, 6) is 1.08. The fourth-order valence-corrected chi connectivity index (χ4v) is 4.13. The molecule has 2 N–H and O–H groups in total. The van der Waals surface area contributed by atoms with E-state index in [1.54, 1.807) is 9.80 Å². The van der Waals surface area contributed by atoms with Gasteiger partial charge in [-0.1, -0.05) is 0 Å². The fourth-order valence-electron chi connectivity index (χ4n) is 3.84. The summed E-state index contributed by atoms with van der Waals surface area (Å²) in [7, 11) is 0. The second-order valence-electron chi connectivity index (χ2n) is 7.07. The van der Waals surface area contributed by atoms with Crippen molar-refractivity contribution in [3.05, 3.63) is 40.4 Å². The Bertz CT molecular complexity index is 791. The summed E-state index contributed by atoms with van der Waals surface area (Å²) in [5, 5.41) is 4.44. The van der Waals surface area contributed by atoms with Crippen molar-refractivity contribution in [2.75, 3.05) is 32.8 Å². The molecular formula is C18H27N5OS+2. The number of quaternary nitrogens is 2. The van der Waals surface area contributed by atoms with Gasteiger partial charge in [-0.25, -0.2) is 0 Å². The molecule has 7 heteroatoms. The molecule has 0 amide bonds. The van der Waals surface area contributed by atoms with Gasteiger partial charge in [0.1, 0.15) is 44.8 Å². The van der Waals surface area contributed by atoms with Gasteiger partial charge < -0.3 is 19.1 Å². The first-order chi connectivity index (χ1) is 12.2. The predicted molar refractivity (Wildman–Crippen MR) is 97.5 cm³/mol. The third-order valence-electron chi connectivity index (χ3n) is 5.38. The highest BCUT2D eigenvalue weighted by atomic mass is 32.1. The van der Waals surface area contributed by atoms with Crippen LogP contribution < -0.4 is 14.5 Å². The first-order valence-electron chi connectivity index (χ1n) is 9.27. The molecule has 6 nitrogen and oxygen atoms in total. The van der Waals surface area contributed by atoms with E-state index in [-0.39, 0.29) is 0 Å². The number of nitrogens with zero attached hydrogens (tertiary/aromatic N) is 3. The van der Waals surface area contributed by atoms with Gasteiger partial charge in [-0.3, -0.25) is 0 Å². The Morgan fingerprint density at radius 3 is 2.76 bits per heavy atom. The van der Waals surface area contributed by atoms with Crippen LogP contribution in [0, 0.1) is 4.77 Å². The zero-order valence-corrected chi connectivity index (χ0v) is 15.6. The number of piperazine rings is 1. The van der Waals surface area contributed by atoms with Crippen molar-refractivity contribution >= 4 is 12.2 Å². The van der Waals surface area contributed by atoms with Crippen molar-refractivity contribution in [2.24, 2.45) is 0 Å². The fraction of sp³-hybridized carbons (Fsp3) is 0.556. The van der Waals surface area contributed by atoms with Crippen LogP contribution in [0.2, 0.25) is 0 Å². The van der Waals surface area contributed by atoms with Gasteiger partial charge in [-0.2, -0.15) is 9.78 Å². The molecule has 2 aliphatic rings. The molecule has 2 aliphatic heterocycles. The van der Waals surface area contributed by atoms with Gasteiger partial charge >= 0.3 is 0 Å². The summed E-state index contributed by atoms with van der Waals surface area (Å²) in [5.41, 5.74) is 2.81. The van der Waals surface area contributed by atoms with Crippen LogP contribution in [0.1, 0.15) is 18.1 Å². The van der Waals surface area contributed by atoms with E-state index in [9.17, 15) is 0 Å². The van der Waals surface area contributed by atoms with Gasteiger partial charge in [0.05, 0.1) is 6.61 Å². The highest BCUT2D eigenvalue weighted by Gasteiger charge is 2.24. The lowest BCUT2D eigenvalue weighted by Gasteiger charge is -2.29. The van der Waals surface area contributed by atoms with Crippen LogP contribution >= 0.6 is 12.2 Å². The number of fused-ring (bicyclic) bond motifs is 1. The molecule has 0 radical (unpaired) electrons. The van der Waals surface area contributed by atoms with E-state index in [4.69, 9.17) is 17.0 Å². The van der Waals surface area contributed by atoms with Crippen molar-refractivity contribution in [2.45, 2.75) is 33.1 Å². The largest absolute Gasteiger partial charge is 0.493 e. The van der Waals surface area contributed by atoms with Crippen LogP contribution in [0.4, 0.5) is 0 Å². The van der Waals surface area contributed by atoms with Gasteiger partial charge in [0, 0.05) is 18.5 Å². The van der Waals surface area contributed by atoms with E-state index in [1.807, 2.05) is 15.6 Å². The number of rotatable bonds is 5. The normalized spacial score (nSPS) is 22.6. The Kier molecular flexibility index (Phi) is 4.87. The van der Waals surface area contributed by atoms with Crippen LogP contribution in [0.3, 0.4) is 0 Å². The van der Waals surface area contributed by atoms with Crippen LogP contribution in [-0.4, -0.2) is 47.1 Å². The Labute approximate surface area is 153 Å². The van der Waals surface area contributed by atoms with Crippen LogP contribution in [-0.2, 0) is 26.2 Å². The van der Waals surface area contributed by atoms with E-state index in [2.05, 4.69) is 30.2 Å². The molecule has 4 rings (SSSR count). The number of aryl methyl sites for hydroxylation is 1. The van der Waals surface area contributed by atoms with Crippen LogP contribution in [0.5, 0.6) is 5.75 Å². The van der Waals surface area contributed by atoms with Crippen LogP contribution in [0.25, 0.3) is 0 Å². The van der Waals surface area contributed by atoms with E-state index in [0.717, 1.165) is 43.3 Å². The van der Waals surface area contributed by atoms with Crippen molar-refractivity contribution in [1.82, 2.24) is 14.3 Å². The molecule has 0 unspecified atom stereocenters. The molecule has 134 valence electrons. The maximum Gasteiger partial charge on any atom is 0.202 e. The van der Waals surface area contributed by atoms with E-state index in [0.29, 0.717) is 0 Å². The first-order valence-corrected chi connectivity index (χ1v) is 9.67. The van der Waals surface area contributed by atoms with Gasteiger partial charge in [0.15, 0.2) is 6.67 Å². The number of nitrogens with one attached hydrogen (secondary N) is 2. The molecule has 3 heterocycles. The van der Waals surface area contributed by atoms with Crippen molar-refractivity contribution in [3.8, 4) is 5.75 Å². The minimum Gasteiger partial charge on any atom is -0.493 e. The molecular weight excluding hydrogens is 334 g/mol. The van der Waals surface area contributed by atoms with Gasteiger partial charge in [-0.15, -0.1) is 0 Å². The monoisotopic (exact) mass is 361 g/mol. The summed E-state index contributed by atoms with van der Waals surface area (Å²) < 4.78 is 10.4. The zero-order valence-electron chi connectivity index (χ0n) is 14.8. The molecule has 0 atom stereocenters. The summed E-state index contributed by atoms with van der Waals surface area (Å²) in [4.78, 5) is 3.24. The molecule has 0 saturated carbocycles. The molecule has 0 aliphatic carbocycles. The molecule has 1 aromatic heterocycles. The standard InChI is InChI=1S/C18H25N5OS/c1-2-22-13-19-23(18(22)25)14-21-8-6-20(7-9-21)12-15-3-4-17-16(11-15)5-10-24-17/h3-4,11,13H,2,5-10,12,14H2,1H3/p+2. The molecule has 1 aromatic carbocycles. The summed E-state index contributed by atoms with van der Waals surface area (Å²) in [6, 6.07) is 6.71. The van der Waals surface area contributed by atoms with Crippen molar-refractivity contribution < 1.29 is 14.5 Å². The Morgan fingerprint density at radius 1 is 1.20 bits per heavy atom. The number of aromatic nitrogens is 3. The first kappa shape index (κ1) is 16.8. The lowest BCUT2D eigenvalue weighted by Crippen LogP contribution is -3.27. The molecule has 1 fully saturated rings. The van der Waals surface area contributed by atoms with Gasteiger partial charge in [0.25, 0.3) is 0 Å². The molecule has 1 saturated heterocycles. The summed E-state index contributed by atoms with van der Waals surface area (Å²) in [6.45, 7) is 10.6. The molecule has 0 spiro atoms. The number of hydrogen-bond donors (Lipinski definition) is 2. The van der Waals surface area contributed by atoms with Crippen molar-refractivity contribution in [1.29, 1.82) is 0 Å². The highest BCUT2D eigenvalue weighted by Crippen LogP contribution is 2.25. The van der Waals surface area contributed by atoms with E-state index < -0.39 is 0 Å². The highest BCUT2D eigenvalue weighted by molar-refractivity contribution is 7.71. The molecule has 0 bridgehead atoms. The predicted octanol–water partition coefficient (Wildman–Crippen LogP) is -0.690. The SMILES string of the molecule is CCn1cnn(C[NH+]2CC[NH+](Cc3ccc4c(c3)CCO4)CC2)c1=S. The Morgan fingerprint density at radius 2 is 2.00 bits per heavy atom. The maximum absolute atomic E-state index is 5.60. The quantitative estimate of drug-likeness (QED) is 0.693. The second-order valence-corrected chi connectivity index (χ2v) is 7.44. The zero-order chi connectivity index (χ0) is 17.2. The van der Waals surface area contributed by atoms with Gasteiger partial charge in [0.2, 0.25) is 4.77 Å². The molecule has 25 heavy (non-hydrogen) atoms. The number of hydrogen-bond acceptors (Lipinski definition) is 3. The topological polar surface area (TPSA) is 40.9 Å². The van der Waals surface area contributed by atoms with Crippen LogP contribution in [0.15, 0.2) is 24.5 Å². The van der Waals surface area contributed by atoms with Crippen molar-refractivity contribution in [3.63, 3.8) is 0 Å². The minimum absolute atomic E-state index is 0.837. The van der Waals surface area contributed by atoms with Gasteiger partial charge in [-0.05, 0) is 42.9 Å². The average Bonchev–Trinajstić information content (AvgIpc) is 3.23. The average molecular weight is 362 g/mol. The third kappa shape index (κ3) is 3.63. The summed E-state index contributed by atoms with van der Waals surface area (Å²) >= 11 is 5.48. The number of ether oxygens (including phenoxy) is 1. The molecule has 2 aromatic rings. The summed E-state index contributed by atoms with van der Waals surface area (Å²) in [6.07, 6.45) is 2.91. The third-order valence-corrected chi connectivity index (χ3v) is 5.83. The lowest BCUT2D eigenvalue weighted by atomic mass is 10.1. The van der Waals surface area contributed by atoms with E-state index >= 15 is 0 Å². The number of benzene rings is 1. The minimum atomic E-state index is 0.837. The Balaban J connectivity index is 1.31. The smallest absolute Gasteiger partial charge is 0.202 e. The second kappa shape index (κ2) is 7.27. The Hall–Kier alpha value is -1.70. The van der Waals surface area contributed by atoms with E-state index in [1.165, 1.54) is 37.3 Å².